The summed E-state index contributed by atoms with van der Waals surface area (Å²) < 4.78 is 6.85. The number of carbonyl (C=O) groups excluding carboxylic acids is 2. The van der Waals surface area contributed by atoms with Crippen LogP contribution < -0.4 is 10.6 Å². The van der Waals surface area contributed by atoms with Crippen molar-refractivity contribution in [2.24, 2.45) is 0 Å². The molecule has 0 aliphatic rings. The molecular formula is C14H25N5O3. The van der Waals surface area contributed by atoms with E-state index < -0.39 is 0 Å². The molecule has 1 rings (SSSR count). The van der Waals surface area contributed by atoms with Crippen molar-refractivity contribution >= 4 is 11.7 Å². The molecule has 1 atom stereocenters. The zero-order valence-electron chi connectivity index (χ0n) is 13.5. The predicted molar refractivity (Wildman–Crippen MR) is 81.1 cm³/mol. The third kappa shape index (κ3) is 7.84. The topological polar surface area (TPSA) is 98.1 Å². The van der Waals surface area contributed by atoms with E-state index in [0.29, 0.717) is 32.6 Å². The molecule has 0 spiro atoms. The first-order chi connectivity index (χ1) is 10.5. The lowest BCUT2D eigenvalue weighted by molar-refractivity contribution is -0.122. The molecule has 0 aliphatic heterocycles. The minimum Gasteiger partial charge on any atom is -0.381 e. The van der Waals surface area contributed by atoms with Gasteiger partial charge in [-0.05, 0) is 27.3 Å². The quantitative estimate of drug-likeness (QED) is 0.553. The summed E-state index contributed by atoms with van der Waals surface area (Å²) in [4.78, 5) is 22.6. The molecule has 22 heavy (non-hydrogen) atoms. The Labute approximate surface area is 130 Å². The predicted octanol–water partition coefficient (Wildman–Crippen LogP) is -0.112. The average molecular weight is 311 g/mol. The van der Waals surface area contributed by atoms with Crippen LogP contribution in [0.5, 0.6) is 0 Å². The van der Waals surface area contributed by atoms with Crippen LogP contribution in [0.4, 0.5) is 0 Å². The summed E-state index contributed by atoms with van der Waals surface area (Å²) in [6.45, 7) is 5.17. The van der Waals surface area contributed by atoms with Crippen LogP contribution in [-0.4, -0.2) is 53.0 Å². The van der Waals surface area contributed by atoms with Gasteiger partial charge >= 0.3 is 0 Å². The highest BCUT2D eigenvalue weighted by atomic mass is 16.5. The molecule has 1 aromatic heterocycles. The second kappa shape index (κ2) is 10.0. The summed E-state index contributed by atoms with van der Waals surface area (Å²) in [5.41, 5.74) is 0.794. The van der Waals surface area contributed by atoms with Crippen LogP contribution in [-0.2, 0) is 27.4 Å². The maximum atomic E-state index is 11.9. The van der Waals surface area contributed by atoms with Gasteiger partial charge in [-0.25, -0.2) is 4.68 Å². The molecule has 1 heterocycles. The Morgan fingerprint density at radius 2 is 2.18 bits per heavy atom. The Kier molecular flexibility index (Phi) is 8.31. The minimum atomic E-state index is -0.114. The number of carbonyl (C=O) groups is 2. The van der Waals surface area contributed by atoms with Crippen molar-refractivity contribution in [2.45, 2.75) is 45.8 Å². The third-order valence-corrected chi connectivity index (χ3v) is 2.95. The van der Waals surface area contributed by atoms with E-state index in [2.05, 4.69) is 20.9 Å². The number of amides is 1. The zero-order chi connectivity index (χ0) is 16.4. The van der Waals surface area contributed by atoms with E-state index in [4.69, 9.17) is 4.74 Å². The molecule has 1 aromatic rings. The van der Waals surface area contributed by atoms with Gasteiger partial charge < -0.3 is 15.4 Å². The lowest BCUT2D eigenvalue weighted by Crippen LogP contribution is -2.36. The fourth-order valence-corrected chi connectivity index (χ4v) is 1.80. The van der Waals surface area contributed by atoms with Crippen molar-refractivity contribution in [1.82, 2.24) is 25.6 Å². The van der Waals surface area contributed by atoms with Gasteiger partial charge in [0.15, 0.2) is 0 Å². The maximum absolute atomic E-state index is 11.9. The van der Waals surface area contributed by atoms with E-state index >= 15 is 0 Å². The fraction of sp³-hybridized carbons (Fsp3) is 0.714. The fourth-order valence-electron chi connectivity index (χ4n) is 1.80. The van der Waals surface area contributed by atoms with Crippen LogP contribution in [0.3, 0.4) is 0 Å². The number of aromatic nitrogens is 3. The normalized spacial score (nSPS) is 12.1. The zero-order valence-corrected chi connectivity index (χ0v) is 13.5. The van der Waals surface area contributed by atoms with Crippen molar-refractivity contribution in [2.75, 3.05) is 20.3 Å². The molecule has 0 fully saturated rings. The Bertz CT molecular complexity index is 475. The van der Waals surface area contributed by atoms with E-state index in [-0.39, 0.29) is 24.3 Å². The van der Waals surface area contributed by atoms with Crippen molar-refractivity contribution in [3.05, 3.63) is 11.9 Å². The van der Waals surface area contributed by atoms with Crippen LogP contribution >= 0.6 is 0 Å². The molecule has 0 aromatic carbocycles. The number of ketones is 1. The summed E-state index contributed by atoms with van der Waals surface area (Å²) in [5.74, 6) is 0.00368. The van der Waals surface area contributed by atoms with E-state index in [0.717, 1.165) is 5.69 Å². The van der Waals surface area contributed by atoms with Gasteiger partial charge in [0.1, 0.15) is 12.3 Å². The minimum absolute atomic E-state index is 0.00475. The molecule has 8 heteroatoms. The van der Waals surface area contributed by atoms with Crippen LogP contribution in [0.15, 0.2) is 6.20 Å². The van der Waals surface area contributed by atoms with Gasteiger partial charge in [0, 0.05) is 25.6 Å². The molecule has 0 bridgehead atoms. The van der Waals surface area contributed by atoms with Crippen molar-refractivity contribution in [1.29, 1.82) is 0 Å². The van der Waals surface area contributed by atoms with Gasteiger partial charge in [0.25, 0.3) is 0 Å². The highest BCUT2D eigenvalue weighted by Crippen LogP contribution is 1.96. The number of hydrogen-bond acceptors (Lipinski definition) is 6. The molecule has 0 saturated carbocycles. The number of rotatable bonds is 11. The van der Waals surface area contributed by atoms with E-state index in [1.807, 2.05) is 14.0 Å². The lowest BCUT2D eigenvalue weighted by atomic mass is 10.2. The Morgan fingerprint density at radius 3 is 2.86 bits per heavy atom. The maximum Gasteiger partial charge on any atom is 0.242 e. The summed E-state index contributed by atoms with van der Waals surface area (Å²) in [6.07, 6.45) is 2.87. The number of ether oxygens (including phenoxy) is 1. The SMILES string of the molecule is CNCc1cn(CC(=O)NC(C)CCOCCC(C)=O)nn1. The average Bonchev–Trinajstić information content (AvgIpc) is 2.85. The van der Waals surface area contributed by atoms with Crippen molar-refractivity contribution in [3.8, 4) is 0 Å². The van der Waals surface area contributed by atoms with Gasteiger partial charge in [0.05, 0.1) is 18.5 Å². The summed E-state index contributed by atoms with van der Waals surface area (Å²) >= 11 is 0. The molecule has 0 aliphatic carbocycles. The van der Waals surface area contributed by atoms with Gasteiger partial charge in [-0.15, -0.1) is 5.10 Å². The van der Waals surface area contributed by atoms with Crippen molar-refractivity contribution in [3.63, 3.8) is 0 Å². The van der Waals surface area contributed by atoms with E-state index in [1.165, 1.54) is 4.68 Å². The molecular weight excluding hydrogens is 286 g/mol. The number of Topliss-reactive ketones (excluding diaryl/α,β-unsaturated/α-hetero) is 1. The van der Waals surface area contributed by atoms with Crippen LogP contribution in [0, 0.1) is 0 Å². The largest absolute Gasteiger partial charge is 0.381 e. The van der Waals surface area contributed by atoms with Crippen molar-refractivity contribution < 1.29 is 14.3 Å². The summed E-state index contributed by atoms with van der Waals surface area (Å²) in [6, 6.07) is 0.00475. The summed E-state index contributed by atoms with van der Waals surface area (Å²) in [7, 11) is 1.83. The Morgan fingerprint density at radius 1 is 1.41 bits per heavy atom. The third-order valence-electron chi connectivity index (χ3n) is 2.95. The Hall–Kier alpha value is -1.80. The standard InChI is InChI=1S/C14H25N5O3/c1-11(4-6-22-7-5-12(2)20)16-14(21)10-19-9-13(8-15-3)17-18-19/h9,11,15H,4-8,10H2,1-3H3,(H,16,21). The second-order valence-electron chi connectivity index (χ2n) is 5.26. The number of hydrogen-bond donors (Lipinski definition) is 2. The number of nitrogens with one attached hydrogen (secondary N) is 2. The molecule has 8 nitrogen and oxygen atoms in total. The first-order valence-electron chi connectivity index (χ1n) is 7.41. The summed E-state index contributed by atoms with van der Waals surface area (Å²) in [5, 5.41) is 13.7. The number of nitrogens with zero attached hydrogens (tertiary/aromatic N) is 3. The van der Waals surface area contributed by atoms with E-state index in [9.17, 15) is 9.59 Å². The second-order valence-corrected chi connectivity index (χ2v) is 5.26. The molecule has 1 unspecified atom stereocenters. The monoisotopic (exact) mass is 311 g/mol. The van der Waals surface area contributed by atoms with Gasteiger partial charge in [-0.2, -0.15) is 0 Å². The smallest absolute Gasteiger partial charge is 0.242 e. The molecule has 2 N–H and O–H groups in total. The first kappa shape index (κ1) is 18.2. The van der Waals surface area contributed by atoms with Crippen LogP contribution in [0.25, 0.3) is 0 Å². The molecule has 124 valence electrons. The van der Waals surface area contributed by atoms with Crippen LogP contribution in [0.1, 0.15) is 32.4 Å². The molecule has 0 saturated heterocycles. The Balaban J connectivity index is 2.18. The first-order valence-corrected chi connectivity index (χ1v) is 7.41. The van der Waals surface area contributed by atoms with Crippen LogP contribution in [0.2, 0.25) is 0 Å². The molecule has 1 amide bonds. The van der Waals surface area contributed by atoms with E-state index in [1.54, 1.807) is 13.1 Å². The highest BCUT2D eigenvalue weighted by molar-refractivity contribution is 5.76. The molecule has 0 radical (unpaired) electrons. The van der Waals surface area contributed by atoms with Gasteiger partial charge in [-0.3, -0.25) is 9.59 Å². The lowest BCUT2D eigenvalue weighted by Gasteiger charge is -2.13. The van der Waals surface area contributed by atoms with Gasteiger partial charge in [0.2, 0.25) is 5.91 Å². The highest BCUT2D eigenvalue weighted by Gasteiger charge is 2.09. The van der Waals surface area contributed by atoms with Gasteiger partial charge in [-0.1, -0.05) is 5.21 Å².